The van der Waals surface area contributed by atoms with Crippen LogP contribution in [0.4, 0.5) is 0 Å². The monoisotopic (exact) mass is 225 g/mol. The Morgan fingerprint density at radius 3 is 2.47 bits per heavy atom. The van der Waals surface area contributed by atoms with Crippen molar-refractivity contribution >= 4 is 14.6 Å². The summed E-state index contributed by atoms with van der Waals surface area (Å²) in [5.41, 5.74) is -0.533. The van der Waals surface area contributed by atoms with Crippen LogP contribution in [0.5, 0.6) is 5.75 Å². The van der Waals surface area contributed by atoms with E-state index in [0.717, 1.165) is 12.0 Å². The van der Waals surface area contributed by atoms with Crippen LogP contribution in [0.2, 0.25) is 0 Å². The van der Waals surface area contributed by atoms with Gasteiger partial charge in [-0.15, -0.1) is 0 Å². The predicted octanol–water partition coefficient (Wildman–Crippen LogP) is 2.57. The van der Waals surface area contributed by atoms with Gasteiger partial charge in [-0.3, -0.25) is 5.09 Å². The van der Waals surface area contributed by atoms with E-state index in [1.165, 1.54) is 0 Å². The van der Waals surface area contributed by atoms with Crippen LogP contribution in [0.25, 0.3) is 0 Å². The SMILES string of the molecule is CP(NC(C)(C)C=O)Oc1ccccc1. The maximum absolute atomic E-state index is 10.7. The maximum atomic E-state index is 10.7. The van der Waals surface area contributed by atoms with Crippen LogP contribution < -0.4 is 9.61 Å². The summed E-state index contributed by atoms with van der Waals surface area (Å²) in [6.45, 7) is 5.59. The van der Waals surface area contributed by atoms with E-state index in [-0.39, 0.29) is 0 Å². The van der Waals surface area contributed by atoms with Crippen molar-refractivity contribution in [3.63, 3.8) is 0 Å². The van der Waals surface area contributed by atoms with Crippen molar-refractivity contribution in [1.29, 1.82) is 0 Å². The standard InChI is InChI=1S/C11H16NO2P/c1-11(2,9-13)12-15(3)14-10-7-5-4-6-8-10/h4-9,12H,1-3H3. The van der Waals surface area contributed by atoms with E-state index in [1.807, 2.05) is 50.8 Å². The second kappa shape index (κ2) is 5.24. The molecule has 0 saturated carbocycles. The average Bonchev–Trinajstić information content (AvgIpc) is 2.18. The summed E-state index contributed by atoms with van der Waals surface area (Å²) in [5.74, 6) is 0.820. The number of hydrogen-bond donors (Lipinski definition) is 1. The molecule has 0 radical (unpaired) electrons. The van der Waals surface area contributed by atoms with Crippen molar-refractivity contribution in [2.75, 3.05) is 6.66 Å². The summed E-state index contributed by atoms with van der Waals surface area (Å²) >= 11 is 0. The molecule has 0 aliphatic carbocycles. The van der Waals surface area contributed by atoms with E-state index >= 15 is 0 Å². The zero-order valence-corrected chi connectivity index (χ0v) is 10.1. The van der Waals surface area contributed by atoms with E-state index in [4.69, 9.17) is 4.52 Å². The lowest BCUT2D eigenvalue weighted by Crippen LogP contribution is -2.37. The van der Waals surface area contributed by atoms with Gasteiger partial charge in [0.15, 0.2) is 8.30 Å². The van der Waals surface area contributed by atoms with Crippen LogP contribution in [0, 0.1) is 0 Å². The quantitative estimate of drug-likeness (QED) is 0.618. The molecule has 0 aliphatic rings. The molecule has 0 aromatic heterocycles. The Morgan fingerprint density at radius 1 is 1.33 bits per heavy atom. The summed E-state index contributed by atoms with van der Waals surface area (Å²) in [4.78, 5) is 10.7. The molecule has 0 fully saturated rings. The topological polar surface area (TPSA) is 38.3 Å². The van der Waals surface area contributed by atoms with Crippen molar-refractivity contribution < 1.29 is 9.32 Å². The van der Waals surface area contributed by atoms with Gasteiger partial charge in [-0.25, -0.2) is 0 Å². The maximum Gasteiger partial charge on any atom is 0.158 e. The second-order valence-electron chi connectivity index (χ2n) is 3.85. The van der Waals surface area contributed by atoms with Crippen LogP contribution in [-0.4, -0.2) is 18.5 Å². The minimum atomic E-state index is -0.832. The summed E-state index contributed by atoms with van der Waals surface area (Å²) in [7, 11) is -0.832. The number of rotatable bonds is 5. The Kier molecular flexibility index (Phi) is 4.25. The molecule has 1 N–H and O–H groups in total. The van der Waals surface area contributed by atoms with Gasteiger partial charge in [0.25, 0.3) is 0 Å². The highest BCUT2D eigenvalue weighted by atomic mass is 31.2. The third-order valence-corrected chi connectivity index (χ3v) is 3.10. The molecule has 0 heterocycles. The van der Waals surface area contributed by atoms with Crippen molar-refractivity contribution in [2.45, 2.75) is 19.4 Å². The molecular formula is C11H16NO2P. The summed E-state index contributed by atoms with van der Waals surface area (Å²) < 4.78 is 5.65. The fraction of sp³-hybridized carbons (Fsp3) is 0.364. The molecule has 1 rings (SSSR count). The first kappa shape index (κ1) is 12.2. The van der Waals surface area contributed by atoms with E-state index in [2.05, 4.69) is 5.09 Å². The Hall–Kier alpha value is -0.920. The Morgan fingerprint density at radius 2 is 1.93 bits per heavy atom. The molecule has 0 saturated heterocycles. The average molecular weight is 225 g/mol. The molecule has 0 aliphatic heterocycles. The van der Waals surface area contributed by atoms with Crippen molar-refractivity contribution in [2.24, 2.45) is 0 Å². The van der Waals surface area contributed by atoms with Crippen LogP contribution in [0.1, 0.15) is 13.8 Å². The minimum absolute atomic E-state index is 0.533. The Labute approximate surface area is 91.7 Å². The molecular weight excluding hydrogens is 209 g/mol. The summed E-state index contributed by atoms with van der Waals surface area (Å²) in [5, 5.41) is 3.13. The number of carbonyl (C=O) groups excluding carboxylic acids is 1. The van der Waals surface area contributed by atoms with Gasteiger partial charge in [0.05, 0.1) is 5.54 Å². The van der Waals surface area contributed by atoms with Gasteiger partial charge in [-0.2, -0.15) is 0 Å². The highest BCUT2D eigenvalue weighted by molar-refractivity contribution is 7.50. The van der Waals surface area contributed by atoms with Gasteiger partial charge in [0.1, 0.15) is 12.0 Å². The Bertz CT molecular complexity index is 314. The van der Waals surface area contributed by atoms with Crippen LogP contribution in [0.15, 0.2) is 30.3 Å². The first-order valence-corrected chi connectivity index (χ1v) is 6.45. The van der Waals surface area contributed by atoms with Gasteiger partial charge < -0.3 is 9.32 Å². The lowest BCUT2D eigenvalue weighted by molar-refractivity contribution is -0.111. The van der Waals surface area contributed by atoms with Gasteiger partial charge in [-0.1, -0.05) is 18.2 Å². The predicted molar refractivity (Wildman–Crippen MR) is 63.2 cm³/mol. The van der Waals surface area contributed by atoms with Crippen molar-refractivity contribution in [3.05, 3.63) is 30.3 Å². The van der Waals surface area contributed by atoms with E-state index < -0.39 is 13.8 Å². The smallest absolute Gasteiger partial charge is 0.158 e. The van der Waals surface area contributed by atoms with Gasteiger partial charge in [-0.05, 0) is 26.0 Å². The third kappa shape index (κ3) is 4.41. The van der Waals surface area contributed by atoms with Crippen LogP contribution in [-0.2, 0) is 4.79 Å². The number of para-hydroxylation sites is 1. The number of benzene rings is 1. The molecule has 1 aromatic rings. The largest absolute Gasteiger partial charge is 0.458 e. The Balaban J connectivity index is 2.50. The van der Waals surface area contributed by atoms with Gasteiger partial charge in [0, 0.05) is 6.66 Å². The number of hydrogen-bond acceptors (Lipinski definition) is 3. The first-order chi connectivity index (χ1) is 7.03. The molecule has 4 heteroatoms. The lowest BCUT2D eigenvalue weighted by Gasteiger charge is -2.24. The fourth-order valence-electron chi connectivity index (χ4n) is 1.09. The minimum Gasteiger partial charge on any atom is -0.458 e. The van der Waals surface area contributed by atoms with Gasteiger partial charge in [0.2, 0.25) is 0 Å². The summed E-state index contributed by atoms with van der Waals surface area (Å²) in [6, 6.07) is 9.57. The van der Waals surface area contributed by atoms with E-state index in [1.54, 1.807) is 0 Å². The molecule has 0 amide bonds. The normalized spacial score (nSPS) is 13.3. The molecule has 3 nitrogen and oxygen atoms in total. The molecule has 1 atom stereocenters. The van der Waals surface area contributed by atoms with Crippen LogP contribution >= 0.6 is 8.30 Å². The third-order valence-electron chi connectivity index (χ3n) is 1.73. The molecule has 15 heavy (non-hydrogen) atoms. The molecule has 1 unspecified atom stereocenters. The zero-order valence-electron chi connectivity index (χ0n) is 9.23. The van der Waals surface area contributed by atoms with Gasteiger partial charge >= 0.3 is 0 Å². The first-order valence-electron chi connectivity index (χ1n) is 4.74. The molecule has 0 bridgehead atoms. The van der Waals surface area contributed by atoms with Crippen molar-refractivity contribution in [3.8, 4) is 5.75 Å². The van der Waals surface area contributed by atoms with E-state index in [9.17, 15) is 4.79 Å². The fourth-order valence-corrected chi connectivity index (χ4v) is 2.44. The number of aldehydes is 1. The highest BCUT2D eigenvalue weighted by Gasteiger charge is 2.19. The molecule has 0 spiro atoms. The van der Waals surface area contributed by atoms with Crippen molar-refractivity contribution in [1.82, 2.24) is 5.09 Å². The summed E-state index contributed by atoms with van der Waals surface area (Å²) in [6.07, 6.45) is 0.889. The highest BCUT2D eigenvalue weighted by Crippen LogP contribution is 2.31. The molecule has 1 aromatic carbocycles. The van der Waals surface area contributed by atoms with E-state index in [0.29, 0.717) is 0 Å². The second-order valence-corrected chi connectivity index (χ2v) is 5.25. The number of carbonyl (C=O) groups is 1. The van der Waals surface area contributed by atoms with Crippen LogP contribution in [0.3, 0.4) is 0 Å². The molecule has 82 valence electrons. The number of nitrogens with one attached hydrogen (secondary N) is 1. The lowest BCUT2D eigenvalue weighted by atomic mass is 10.1. The zero-order chi connectivity index (χ0) is 11.3.